The van der Waals surface area contributed by atoms with Gasteiger partial charge in [-0.2, -0.15) is 0 Å². The minimum Gasteiger partial charge on any atom is -0.481 e. The fourth-order valence-corrected chi connectivity index (χ4v) is 1.18. The fraction of sp³-hybridized carbons (Fsp3) is 0.714. The zero-order valence-corrected chi connectivity index (χ0v) is 6.60. The third-order valence-electron chi connectivity index (χ3n) is 1.82. The lowest BCUT2D eigenvalue weighted by molar-refractivity contribution is -0.141. The Bertz CT molecular complexity index is 182. The third-order valence-corrected chi connectivity index (χ3v) is 1.82. The molecule has 1 heterocycles. The Balaban J connectivity index is 2.46. The molecule has 1 saturated heterocycles. The maximum Gasteiger partial charge on any atom is 0.305 e. The number of carbonyl (C=O) groups excluding carboxylic acids is 1. The van der Waals surface area contributed by atoms with E-state index in [0.29, 0.717) is 26.2 Å². The van der Waals surface area contributed by atoms with Gasteiger partial charge in [0.1, 0.15) is 0 Å². The highest BCUT2D eigenvalue weighted by Crippen LogP contribution is 2.07. The van der Waals surface area contributed by atoms with Gasteiger partial charge in [-0.1, -0.05) is 0 Å². The molecule has 68 valence electrons. The van der Waals surface area contributed by atoms with Gasteiger partial charge in [-0.25, -0.2) is 0 Å². The Morgan fingerprint density at radius 2 is 2.50 bits per heavy atom. The number of rotatable bonds is 3. The number of morpholine rings is 1. The van der Waals surface area contributed by atoms with Gasteiger partial charge in [0, 0.05) is 6.54 Å². The molecular weight excluding hydrogens is 162 g/mol. The van der Waals surface area contributed by atoms with E-state index in [1.807, 2.05) is 0 Å². The Labute approximate surface area is 69.9 Å². The average molecular weight is 173 g/mol. The van der Waals surface area contributed by atoms with Crippen molar-refractivity contribution in [1.29, 1.82) is 0 Å². The van der Waals surface area contributed by atoms with Crippen LogP contribution in [0.15, 0.2) is 0 Å². The van der Waals surface area contributed by atoms with Gasteiger partial charge in [-0.15, -0.1) is 0 Å². The van der Waals surface area contributed by atoms with Crippen molar-refractivity contribution in [1.82, 2.24) is 4.90 Å². The summed E-state index contributed by atoms with van der Waals surface area (Å²) in [6.45, 7) is 1.31. The highest BCUT2D eigenvalue weighted by atomic mass is 16.5. The molecule has 0 aromatic heterocycles. The average Bonchev–Trinajstić information content (AvgIpc) is 2.04. The van der Waals surface area contributed by atoms with E-state index in [2.05, 4.69) is 0 Å². The maximum absolute atomic E-state index is 10.4. The molecule has 1 rings (SSSR count). The summed E-state index contributed by atoms with van der Waals surface area (Å²) in [5.74, 6) is -0.905. The molecule has 1 fully saturated rings. The highest BCUT2D eigenvalue weighted by Gasteiger charge is 2.23. The van der Waals surface area contributed by atoms with Crippen LogP contribution in [0.5, 0.6) is 0 Å². The number of carbonyl (C=O) groups is 2. The van der Waals surface area contributed by atoms with Crippen LogP contribution in [0.2, 0.25) is 0 Å². The first-order valence-corrected chi connectivity index (χ1v) is 3.74. The fourth-order valence-electron chi connectivity index (χ4n) is 1.18. The molecule has 0 aliphatic carbocycles. The monoisotopic (exact) mass is 173 g/mol. The van der Waals surface area contributed by atoms with E-state index in [1.165, 1.54) is 4.90 Å². The van der Waals surface area contributed by atoms with Crippen molar-refractivity contribution in [3.8, 4) is 0 Å². The van der Waals surface area contributed by atoms with E-state index in [1.54, 1.807) is 0 Å². The zero-order chi connectivity index (χ0) is 8.97. The lowest BCUT2D eigenvalue weighted by atomic mass is 10.2. The molecule has 1 unspecified atom stereocenters. The number of aliphatic carboxylic acids is 1. The predicted octanol–water partition coefficient (Wildman–Crippen LogP) is -0.682. The Morgan fingerprint density at radius 1 is 1.75 bits per heavy atom. The maximum atomic E-state index is 10.4. The number of ether oxygens (including phenoxy) is 1. The Morgan fingerprint density at radius 3 is 3.08 bits per heavy atom. The number of hydrogen-bond donors (Lipinski definition) is 1. The largest absolute Gasteiger partial charge is 0.481 e. The number of nitrogens with zero attached hydrogens (tertiary/aromatic N) is 1. The molecule has 1 atom stereocenters. The molecule has 0 spiro atoms. The second-order valence-electron chi connectivity index (χ2n) is 2.67. The van der Waals surface area contributed by atoms with Crippen LogP contribution in [0.4, 0.5) is 0 Å². The molecule has 5 nitrogen and oxygen atoms in total. The van der Waals surface area contributed by atoms with Crippen molar-refractivity contribution >= 4 is 12.4 Å². The van der Waals surface area contributed by atoms with Crippen LogP contribution < -0.4 is 0 Å². The molecule has 1 N–H and O–H groups in total. The summed E-state index contributed by atoms with van der Waals surface area (Å²) in [7, 11) is 0. The summed E-state index contributed by atoms with van der Waals surface area (Å²) >= 11 is 0. The van der Waals surface area contributed by atoms with Gasteiger partial charge in [0.2, 0.25) is 6.41 Å². The number of amides is 1. The van der Waals surface area contributed by atoms with E-state index >= 15 is 0 Å². The van der Waals surface area contributed by atoms with Gasteiger partial charge in [-0.05, 0) is 0 Å². The Kier molecular flexibility index (Phi) is 3.04. The summed E-state index contributed by atoms with van der Waals surface area (Å²) in [4.78, 5) is 22.2. The first-order valence-electron chi connectivity index (χ1n) is 3.74. The summed E-state index contributed by atoms with van der Waals surface area (Å²) in [6, 6.07) is -0.297. The van der Waals surface area contributed by atoms with E-state index in [0.717, 1.165) is 0 Å². The number of carboxylic acids is 1. The van der Waals surface area contributed by atoms with Gasteiger partial charge in [0.25, 0.3) is 0 Å². The standard InChI is InChI=1S/C7H11NO4/c9-5-8-1-2-12-4-6(8)3-7(10)11/h5-6H,1-4H2,(H,10,11). The van der Waals surface area contributed by atoms with Crippen molar-refractivity contribution in [3.05, 3.63) is 0 Å². The smallest absolute Gasteiger partial charge is 0.305 e. The first-order chi connectivity index (χ1) is 5.74. The van der Waals surface area contributed by atoms with Crippen LogP contribution in [0.3, 0.4) is 0 Å². The highest BCUT2D eigenvalue weighted by molar-refractivity contribution is 5.68. The zero-order valence-electron chi connectivity index (χ0n) is 6.60. The molecule has 0 aromatic rings. The van der Waals surface area contributed by atoms with E-state index in [4.69, 9.17) is 9.84 Å². The summed E-state index contributed by atoms with van der Waals surface area (Å²) in [5, 5.41) is 8.48. The van der Waals surface area contributed by atoms with Crippen LogP contribution in [0, 0.1) is 0 Å². The summed E-state index contributed by atoms with van der Waals surface area (Å²) in [5.41, 5.74) is 0. The topological polar surface area (TPSA) is 66.8 Å². The quantitative estimate of drug-likeness (QED) is 0.574. The molecule has 1 aliphatic heterocycles. The molecule has 0 aromatic carbocycles. The second kappa shape index (κ2) is 4.06. The number of hydrogen-bond acceptors (Lipinski definition) is 3. The lowest BCUT2D eigenvalue weighted by Gasteiger charge is -2.31. The van der Waals surface area contributed by atoms with Crippen LogP contribution in [-0.2, 0) is 14.3 Å². The van der Waals surface area contributed by atoms with Gasteiger partial charge in [0.05, 0.1) is 25.7 Å². The van der Waals surface area contributed by atoms with Gasteiger partial charge in [0.15, 0.2) is 0 Å². The van der Waals surface area contributed by atoms with Gasteiger partial charge >= 0.3 is 5.97 Å². The summed E-state index contributed by atoms with van der Waals surface area (Å²) in [6.07, 6.45) is 0.634. The molecule has 5 heteroatoms. The van der Waals surface area contributed by atoms with Crippen LogP contribution in [0.25, 0.3) is 0 Å². The van der Waals surface area contributed by atoms with Crippen molar-refractivity contribution in [2.24, 2.45) is 0 Å². The van der Waals surface area contributed by atoms with Crippen LogP contribution in [0.1, 0.15) is 6.42 Å². The van der Waals surface area contributed by atoms with Crippen LogP contribution in [-0.4, -0.2) is 48.2 Å². The first kappa shape index (κ1) is 8.99. The van der Waals surface area contributed by atoms with E-state index in [-0.39, 0.29) is 12.5 Å². The van der Waals surface area contributed by atoms with Crippen molar-refractivity contribution < 1.29 is 19.4 Å². The number of carboxylic acid groups (broad SMARTS) is 1. The molecule has 0 bridgehead atoms. The minimum absolute atomic E-state index is 0.0429. The minimum atomic E-state index is -0.905. The van der Waals surface area contributed by atoms with Crippen molar-refractivity contribution in [3.63, 3.8) is 0 Å². The lowest BCUT2D eigenvalue weighted by Crippen LogP contribution is -2.45. The molecule has 12 heavy (non-hydrogen) atoms. The summed E-state index contributed by atoms with van der Waals surface area (Å²) < 4.78 is 5.05. The van der Waals surface area contributed by atoms with Crippen molar-refractivity contribution in [2.45, 2.75) is 12.5 Å². The van der Waals surface area contributed by atoms with Crippen LogP contribution >= 0.6 is 0 Å². The van der Waals surface area contributed by atoms with E-state index < -0.39 is 5.97 Å². The SMILES string of the molecule is O=CN1CCOCC1CC(=O)O. The van der Waals surface area contributed by atoms with Gasteiger partial charge < -0.3 is 14.7 Å². The normalized spacial score (nSPS) is 23.7. The molecule has 0 radical (unpaired) electrons. The third kappa shape index (κ3) is 2.20. The Hall–Kier alpha value is -1.10. The van der Waals surface area contributed by atoms with E-state index in [9.17, 15) is 9.59 Å². The molecule has 1 amide bonds. The van der Waals surface area contributed by atoms with Gasteiger partial charge in [-0.3, -0.25) is 9.59 Å². The second-order valence-corrected chi connectivity index (χ2v) is 2.67. The molecule has 1 aliphatic rings. The van der Waals surface area contributed by atoms with Crippen molar-refractivity contribution in [2.75, 3.05) is 19.8 Å². The molecule has 0 saturated carbocycles. The predicted molar refractivity (Wildman–Crippen MR) is 39.6 cm³/mol. The molecular formula is C7H11NO4.